The quantitative estimate of drug-likeness (QED) is 0.930. The van der Waals surface area contributed by atoms with Gasteiger partial charge in [-0.2, -0.15) is 0 Å². The van der Waals surface area contributed by atoms with E-state index in [4.69, 9.17) is 9.72 Å². The third-order valence-corrected chi connectivity index (χ3v) is 5.57. The monoisotopic (exact) mass is 337 g/mol. The van der Waals surface area contributed by atoms with Crippen LogP contribution in [0.25, 0.3) is 11.0 Å². The van der Waals surface area contributed by atoms with Crippen molar-refractivity contribution < 1.29 is 9.53 Å². The number of benzene rings is 1. The molecular formula is C20H23N3O2. The molecule has 5 nitrogen and oxygen atoms in total. The zero-order chi connectivity index (χ0) is 16.8. The standard InChI is InChI=1S/C20H23N3O2/c24-20(21-14-9-10-25-17(11-14)12-5-6-12)19-18(13-7-8-13)22-15-3-1-2-4-16(15)23-19/h1-4,12-14,17H,5-11H2,(H,21,24). The van der Waals surface area contributed by atoms with Gasteiger partial charge in [0.25, 0.3) is 5.91 Å². The fourth-order valence-electron chi connectivity index (χ4n) is 3.83. The van der Waals surface area contributed by atoms with Gasteiger partial charge in [-0.05, 0) is 56.6 Å². The van der Waals surface area contributed by atoms with Crippen molar-refractivity contribution in [1.29, 1.82) is 0 Å². The number of hydrogen-bond donors (Lipinski definition) is 1. The Balaban J connectivity index is 1.39. The van der Waals surface area contributed by atoms with Gasteiger partial charge in [-0.25, -0.2) is 9.97 Å². The number of carbonyl (C=O) groups is 1. The molecule has 0 radical (unpaired) electrons. The third kappa shape index (κ3) is 3.13. The molecule has 2 unspecified atom stereocenters. The van der Waals surface area contributed by atoms with E-state index in [0.29, 0.717) is 23.6 Å². The summed E-state index contributed by atoms with van der Waals surface area (Å²) in [5.74, 6) is 1.04. The lowest BCUT2D eigenvalue weighted by molar-refractivity contribution is -0.0102. The Bertz CT molecular complexity index is 814. The minimum Gasteiger partial charge on any atom is -0.378 e. The molecule has 3 aliphatic rings. The predicted octanol–water partition coefficient (Wildman–Crippen LogP) is 3.19. The van der Waals surface area contributed by atoms with Crippen molar-refractivity contribution >= 4 is 16.9 Å². The van der Waals surface area contributed by atoms with Crippen LogP contribution >= 0.6 is 0 Å². The molecule has 0 bridgehead atoms. The molecule has 2 aromatic rings. The van der Waals surface area contributed by atoms with E-state index in [1.165, 1.54) is 12.8 Å². The van der Waals surface area contributed by atoms with Crippen LogP contribution in [0.15, 0.2) is 24.3 Å². The van der Waals surface area contributed by atoms with E-state index in [2.05, 4.69) is 10.3 Å². The van der Waals surface area contributed by atoms with Gasteiger partial charge in [-0.1, -0.05) is 12.1 Å². The molecule has 2 aliphatic carbocycles. The first kappa shape index (κ1) is 15.3. The van der Waals surface area contributed by atoms with E-state index < -0.39 is 0 Å². The van der Waals surface area contributed by atoms with Crippen LogP contribution < -0.4 is 5.32 Å². The Morgan fingerprint density at radius 2 is 1.80 bits per heavy atom. The maximum atomic E-state index is 12.9. The molecular weight excluding hydrogens is 314 g/mol. The third-order valence-electron chi connectivity index (χ3n) is 5.57. The molecule has 2 atom stereocenters. The first-order valence-corrected chi connectivity index (χ1v) is 9.47. The number of nitrogens with zero attached hydrogens (tertiary/aromatic N) is 2. The number of rotatable bonds is 4. The van der Waals surface area contributed by atoms with Gasteiger partial charge in [0.1, 0.15) is 0 Å². The second-order valence-corrected chi connectivity index (χ2v) is 7.66. The van der Waals surface area contributed by atoms with Crippen molar-refractivity contribution in [3.8, 4) is 0 Å². The van der Waals surface area contributed by atoms with Crippen LogP contribution in [0, 0.1) is 5.92 Å². The van der Waals surface area contributed by atoms with Crippen molar-refractivity contribution in [3.05, 3.63) is 35.7 Å². The Kier molecular flexibility index (Phi) is 3.70. The SMILES string of the molecule is O=C(NC1CCOC(C2CC2)C1)c1nc2ccccc2nc1C1CC1. The van der Waals surface area contributed by atoms with E-state index in [0.717, 1.165) is 49.0 Å². The maximum absolute atomic E-state index is 12.9. The van der Waals surface area contributed by atoms with Gasteiger partial charge >= 0.3 is 0 Å². The van der Waals surface area contributed by atoms with E-state index in [9.17, 15) is 4.79 Å². The molecule has 1 aromatic carbocycles. The molecule has 2 saturated carbocycles. The fourth-order valence-corrected chi connectivity index (χ4v) is 3.83. The normalized spacial score (nSPS) is 26.6. The molecule has 3 fully saturated rings. The van der Waals surface area contributed by atoms with Gasteiger partial charge in [0.15, 0.2) is 5.69 Å². The molecule has 5 heteroatoms. The first-order valence-electron chi connectivity index (χ1n) is 9.47. The number of para-hydroxylation sites is 2. The Hall–Kier alpha value is -2.01. The molecule has 1 N–H and O–H groups in total. The molecule has 0 spiro atoms. The first-order chi connectivity index (χ1) is 12.3. The Morgan fingerprint density at radius 1 is 1.04 bits per heavy atom. The van der Waals surface area contributed by atoms with Crippen LogP contribution in [-0.4, -0.2) is 34.6 Å². The summed E-state index contributed by atoms with van der Waals surface area (Å²) in [6, 6.07) is 7.98. The highest BCUT2D eigenvalue weighted by Crippen LogP contribution is 2.41. The number of fused-ring (bicyclic) bond motifs is 1. The zero-order valence-corrected chi connectivity index (χ0v) is 14.3. The summed E-state index contributed by atoms with van der Waals surface area (Å²) < 4.78 is 5.87. The van der Waals surface area contributed by atoms with Crippen LogP contribution in [0.4, 0.5) is 0 Å². The summed E-state index contributed by atoms with van der Waals surface area (Å²) in [6.07, 6.45) is 6.89. The molecule has 1 aliphatic heterocycles. The maximum Gasteiger partial charge on any atom is 0.272 e. The Morgan fingerprint density at radius 3 is 2.52 bits per heavy atom. The van der Waals surface area contributed by atoms with E-state index in [-0.39, 0.29) is 11.9 Å². The number of ether oxygens (including phenoxy) is 1. The minimum absolute atomic E-state index is 0.0680. The number of carbonyl (C=O) groups excluding carboxylic acids is 1. The van der Waals surface area contributed by atoms with Crippen LogP contribution in [0.5, 0.6) is 0 Å². The fraction of sp³-hybridized carbons (Fsp3) is 0.550. The lowest BCUT2D eigenvalue weighted by Gasteiger charge is -2.30. The summed E-state index contributed by atoms with van der Waals surface area (Å²) in [6.45, 7) is 0.741. The molecule has 1 aromatic heterocycles. The number of nitrogens with one attached hydrogen (secondary N) is 1. The lowest BCUT2D eigenvalue weighted by Crippen LogP contribution is -2.43. The number of hydrogen-bond acceptors (Lipinski definition) is 4. The second-order valence-electron chi connectivity index (χ2n) is 7.66. The summed E-state index contributed by atoms with van der Waals surface area (Å²) in [4.78, 5) is 22.4. The molecule has 1 saturated heterocycles. The number of aromatic nitrogens is 2. The van der Waals surface area contributed by atoms with Crippen molar-refractivity contribution in [2.45, 2.75) is 56.6 Å². The topological polar surface area (TPSA) is 64.1 Å². The van der Waals surface area contributed by atoms with Crippen LogP contribution in [0.1, 0.15) is 60.6 Å². The average molecular weight is 337 g/mol. The van der Waals surface area contributed by atoms with E-state index in [1.54, 1.807) is 0 Å². The second kappa shape index (κ2) is 6.06. The van der Waals surface area contributed by atoms with Gasteiger partial charge in [0.05, 0.1) is 22.8 Å². The van der Waals surface area contributed by atoms with Crippen molar-refractivity contribution in [2.75, 3.05) is 6.61 Å². The summed E-state index contributed by atoms with van der Waals surface area (Å²) >= 11 is 0. The molecule has 5 rings (SSSR count). The largest absolute Gasteiger partial charge is 0.378 e. The summed E-state index contributed by atoms with van der Waals surface area (Å²) in [5.41, 5.74) is 3.07. The minimum atomic E-state index is -0.0680. The molecule has 1 amide bonds. The van der Waals surface area contributed by atoms with Gasteiger partial charge in [0, 0.05) is 18.6 Å². The summed E-state index contributed by atoms with van der Waals surface area (Å²) in [5, 5.41) is 3.21. The Labute approximate surface area is 147 Å². The lowest BCUT2D eigenvalue weighted by atomic mass is 10.00. The van der Waals surface area contributed by atoms with Crippen LogP contribution in [0.3, 0.4) is 0 Å². The van der Waals surface area contributed by atoms with Crippen molar-refractivity contribution in [3.63, 3.8) is 0 Å². The smallest absolute Gasteiger partial charge is 0.272 e. The van der Waals surface area contributed by atoms with Crippen LogP contribution in [0.2, 0.25) is 0 Å². The molecule has 2 heterocycles. The predicted molar refractivity (Wildman–Crippen MR) is 94.5 cm³/mol. The van der Waals surface area contributed by atoms with Crippen LogP contribution in [-0.2, 0) is 4.74 Å². The highest BCUT2D eigenvalue weighted by molar-refractivity contribution is 5.95. The van der Waals surface area contributed by atoms with Crippen molar-refractivity contribution in [2.24, 2.45) is 5.92 Å². The molecule has 130 valence electrons. The molecule has 25 heavy (non-hydrogen) atoms. The van der Waals surface area contributed by atoms with E-state index >= 15 is 0 Å². The van der Waals surface area contributed by atoms with E-state index in [1.807, 2.05) is 24.3 Å². The van der Waals surface area contributed by atoms with Gasteiger partial charge in [0.2, 0.25) is 0 Å². The van der Waals surface area contributed by atoms with Gasteiger partial charge in [-0.15, -0.1) is 0 Å². The highest BCUT2D eigenvalue weighted by Gasteiger charge is 2.37. The highest BCUT2D eigenvalue weighted by atomic mass is 16.5. The van der Waals surface area contributed by atoms with Crippen molar-refractivity contribution in [1.82, 2.24) is 15.3 Å². The number of amides is 1. The average Bonchev–Trinajstić information content (AvgIpc) is 3.53. The summed E-state index contributed by atoms with van der Waals surface area (Å²) in [7, 11) is 0. The van der Waals surface area contributed by atoms with Gasteiger partial charge < -0.3 is 10.1 Å². The zero-order valence-electron chi connectivity index (χ0n) is 14.3. The van der Waals surface area contributed by atoms with Gasteiger partial charge in [-0.3, -0.25) is 4.79 Å².